The molecule has 0 spiro atoms. The largest absolute Gasteiger partial charge is 0.459 e. The Bertz CT molecular complexity index is 959. The number of nitrogens with zero attached hydrogens (tertiary/aromatic N) is 1. The lowest BCUT2D eigenvalue weighted by Crippen LogP contribution is -2.41. The summed E-state index contributed by atoms with van der Waals surface area (Å²) in [4.78, 5) is 27.1. The first kappa shape index (κ1) is 20.0. The molecule has 0 aliphatic rings. The minimum absolute atomic E-state index is 0.140. The standard InChI is InChI=1S/C21H18Cl2N2O3/c1-25(13-14-9-10-16(22)17(23)12-14)21(27)19(15-6-3-2-4-7-15)24-20(26)18-8-5-11-28-18/h2-12,19H,13H2,1H3,(H,24,26)/t19-/m0/s1. The zero-order chi connectivity index (χ0) is 20.1. The lowest BCUT2D eigenvalue weighted by Gasteiger charge is -2.25. The zero-order valence-corrected chi connectivity index (χ0v) is 16.6. The highest BCUT2D eigenvalue weighted by Crippen LogP contribution is 2.24. The van der Waals surface area contributed by atoms with Gasteiger partial charge in [0.15, 0.2) is 5.76 Å². The second-order valence-corrected chi connectivity index (χ2v) is 7.05. The molecule has 2 amide bonds. The summed E-state index contributed by atoms with van der Waals surface area (Å²) in [5, 5.41) is 3.62. The third-order valence-corrected chi connectivity index (χ3v) is 4.92. The van der Waals surface area contributed by atoms with Gasteiger partial charge in [-0.05, 0) is 35.4 Å². The van der Waals surface area contributed by atoms with E-state index in [1.807, 2.05) is 18.2 Å². The molecular formula is C21H18Cl2N2O3. The maximum atomic E-state index is 13.1. The molecule has 0 aliphatic carbocycles. The van der Waals surface area contributed by atoms with Crippen LogP contribution >= 0.6 is 23.2 Å². The molecule has 3 aromatic rings. The van der Waals surface area contributed by atoms with Gasteiger partial charge >= 0.3 is 0 Å². The fourth-order valence-electron chi connectivity index (χ4n) is 2.75. The summed E-state index contributed by atoms with van der Waals surface area (Å²) >= 11 is 12.0. The fourth-order valence-corrected chi connectivity index (χ4v) is 3.07. The van der Waals surface area contributed by atoms with Crippen molar-refractivity contribution in [1.82, 2.24) is 10.2 Å². The smallest absolute Gasteiger partial charge is 0.287 e. The lowest BCUT2D eigenvalue weighted by atomic mass is 10.0. The van der Waals surface area contributed by atoms with Crippen molar-refractivity contribution in [3.63, 3.8) is 0 Å². The van der Waals surface area contributed by atoms with Crippen LogP contribution in [0.4, 0.5) is 0 Å². The van der Waals surface area contributed by atoms with Crippen molar-refractivity contribution < 1.29 is 14.0 Å². The maximum absolute atomic E-state index is 13.1. The Morgan fingerprint density at radius 2 is 1.79 bits per heavy atom. The van der Waals surface area contributed by atoms with Crippen LogP contribution < -0.4 is 5.32 Å². The van der Waals surface area contributed by atoms with E-state index in [4.69, 9.17) is 27.6 Å². The highest BCUT2D eigenvalue weighted by molar-refractivity contribution is 6.42. The quantitative estimate of drug-likeness (QED) is 0.632. The first-order valence-electron chi connectivity index (χ1n) is 8.54. The van der Waals surface area contributed by atoms with Crippen LogP contribution in [0.15, 0.2) is 71.3 Å². The van der Waals surface area contributed by atoms with Gasteiger partial charge in [-0.1, -0.05) is 59.6 Å². The molecule has 0 aliphatic heterocycles. The van der Waals surface area contributed by atoms with Crippen molar-refractivity contribution in [3.8, 4) is 0 Å². The maximum Gasteiger partial charge on any atom is 0.287 e. The zero-order valence-electron chi connectivity index (χ0n) is 15.1. The summed E-state index contributed by atoms with van der Waals surface area (Å²) in [5.41, 5.74) is 1.50. The third-order valence-electron chi connectivity index (χ3n) is 4.18. The van der Waals surface area contributed by atoms with Gasteiger partial charge in [0, 0.05) is 13.6 Å². The minimum Gasteiger partial charge on any atom is -0.459 e. The van der Waals surface area contributed by atoms with Crippen LogP contribution in [0.1, 0.15) is 27.7 Å². The van der Waals surface area contributed by atoms with Gasteiger partial charge in [-0.2, -0.15) is 0 Å². The molecule has 0 saturated heterocycles. The second kappa shape index (κ2) is 8.95. The first-order valence-corrected chi connectivity index (χ1v) is 9.29. The van der Waals surface area contributed by atoms with Crippen molar-refractivity contribution >= 4 is 35.0 Å². The van der Waals surface area contributed by atoms with Crippen molar-refractivity contribution in [2.24, 2.45) is 0 Å². The van der Waals surface area contributed by atoms with Crippen LogP contribution in [0.3, 0.4) is 0 Å². The number of nitrogens with one attached hydrogen (secondary N) is 1. The van der Waals surface area contributed by atoms with Crippen LogP contribution in [0, 0.1) is 0 Å². The molecular weight excluding hydrogens is 399 g/mol. The highest BCUT2D eigenvalue weighted by Gasteiger charge is 2.27. The summed E-state index contributed by atoms with van der Waals surface area (Å²) in [6.07, 6.45) is 1.41. The molecule has 0 saturated carbocycles. The number of carbonyl (C=O) groups excluding carboxylic acids is 2. The Morgan fingerprint density at radius 3 is 2.43 bits per heavy atom. The molecule has 0 bridgehead atoms. The number of likely N-dealkylation sites (N-methyl/N-ethyl adjacent to an activating group) is 1. The van der Waals surface area contributed by atoms with Gasteiger partial charge in [-0.3, -0.25) is 9.59 Å². The Kier molecular flexibility index (Phi) is 6.39. The number of furan rings is 1. The van der Waals surface area contributed by atoms with Gasteiger partial charge in [0.05, 0.1) is 16.3 Å². The van der Waals surface area contributed by atoms with Gasteiger partial charge in [-0.15, -0.1) is 0 Å². The van der Waals surface area contributed by atoms with Gasteiger partial charge < -0.3 is 14.6 Å². The number of hydrogen-bond acceptors (Lipinski definition) is 3. The summed E-state index contributed by atoms with van der Waals surface area (Å²) < 4.78 is 5.13. The summed E-state index contributed by atoms with van der Waals surface area (Å²) in [5.74, 6) is -0.590. The van der Waals surface area contributed by atoms with E-state index in [1.54, 1.807) is 49.5 Å². The molecule has 144 valence electrons. The van der Waals surface area contributed by atoms with Gasteiger partial charge in [0.25, 0.3) is 5.91 Å². The molecule has 1 N–H and O–H groups in total. The van der Waals surface area contributed by atoms with Crippen molar-refractivity contribution in [3.05, 3.63) is 93.9 Å². The van der Waals surface area contributed by atoms with E-state index < -0.39 is 11.9 Å². The average molecular weight is 417 g/mol. The van der Waals surface area contributed by atoms with E-state index in [-0.39, 0.29) is 11.7 Å². The van der Waals surface area contributed by atoms with E-state index in [1.165, 1.54) is 11.2 Å². The first-order chi connectivity index (χ1) is 13.5. The van der Waals surface area contributed by atoms with Gasteiger partial charge in [0.2, 0.25) is 5.91 Å². The topological polar surface area (TPSA) is 62.6 Å². The van der Waals surface area contributed by atoms with Crippen molar-refractivity contribution in [2.45, 2.75) is 12.6 Å². The number of amides is 2. The van der Waals surface area contributed by atoms with E-state index in [2.05, 4.69) is 5.32 Å². The SMILES string of the molecule is CN(Cc1ccc(Cl)c(Cl)c1)C(=O)[C@@H](NC(=O)c1ccco1)c1ccccc1. The molecule has 1 heterocycles. The molecule has 0 fully saturated rings. The number of carbonyl (C=O) groups is 2. The number of hydrogen-bond donors (Lipinski definition) is 1. The lowest BCUT2D eigenvalue weighted by molar-refractivity contribution is -0.132. The molecule has 1 aromatic heterocycles. The predicted molar refractivity (Wildman–Crippen MR) is 108 cm³/mol. The Hall–Kier alpha value is -2.76. The second-order valence-electron chi connectivity index (χ2n) is 6.24. The Balaban J connectivity index is 1.81. The van der Waals surface area contributed by atoms with E-state index >= 15 is 0 Å². The molecule has 0 unspecified atom stereocenters. The van der Waals surface area contributed by atoms with E-state index in [0.717, 1.165) is 5.56 Å². The summed E-state index contributed by atoms with van der Waals surface area (Å²) in [6.45, 7) is 0.315. The number of halogens is 2. The third kappa shape index (κ3) is 4.74. The van der Waals surface area contributed by atoms with Gasteiger partial charge in [0.1, 0.15) is 6.04 Å². The monoisotopic (exact) mass is 416 g/mol. The van der Waals surface area contributed by atoms with E-state index in [9.17, 15) is 9.59 Å². The Labute approximate surface area is 172 Å². The molecule has 1 atom stereocenters. The van der Waals surface area contributed by atoms with Crippen LogP contribution in [0.5, 0.6) is 0 Å². The van der Waals surface area contributed by atoms with Crippen LogP contribution in [0.2, 0.25) is 10.0 Å². The molecule has 3 rings (SSSR count). The van der Waals surface area contributed by atoms with Gasteiger partial charge in [-0.25, -0.2) is 0 Å². The average Bonchev–Trinajstić information content (AvgIpc) is 3.24. The molecule has 5 nitrogen and oxygen atoms in total. The van der Waals surface area contributed by atoms with Crippen LogP contribution in [-0.2, 0) is 11.3 Å². The predicted octanol–water partition coefficient (Wildman–Crippen LogP) is 4.72. The number of benzene rings is 2. The number of rotatable bonds is 6. The molecule has 28 heavy (non-hydrogen) atoms. The summed E-state index contributed by atoms with van der Waals surface area (Å²) in [7, 11) is 1.67. The van der Waals surface area contributed by atoms with Crippen molar-refractivity contribution in [2.75, 3.05) is 7.05 Å². The highest BCUT2D eigenvalue weighted by atomic mass is 35.5. The molecule has 7 heteroatoms. The normalized spacial score (nSPS) is 11.7. The van der Waals surface area contributed by atoms with Crippen LogP contribution in [-0.4, -0.2) is 23.8 Å². The fraction of sp³-hybridized carbons (Fsp3) is 0.143. The molecule has 0 radical (unpaired) electrons. The van der Waals surface area contributed by atoms with Crippen molar-refractivity contribution in [1.29, 1.82) is 0 Å². The van der Waals surface area contributed by atoms with E-state index in [0.29, 0.717) is 22.2 Å². The van der Waals surface area contributed by atoms with Crippen LogP contribution in [0.25, 0.3) is 0 Å². The summed E-state index contributed by atoms with van der Waals surface area (Å²) in [6, 6.07) is 16.6. The molecule has 2 aromatic carbocycles. The Morgan fingerprint density at radius 1 is 1.04 bits per heavy atom. The minimum atomic E-state index is -0.855.